The Balaban J connectivity index is 2.29. The van der Waals surface area contributed by atoms with Crippen molar-refractivity contribution in [1.82, 2.24) is 0 Å². The van der Waals surface area contributed by atoms with Crippen LogP contribution in [0.15, 0.2) is 23.8 Å². The third-order valence-electron chi connectivity index (χ3n) is 2.14. The molecule has 2 atom stereocenters. The molecule has 2 aliphatic carbocycles. The van der Waals surface area contributed by atoms with Crippen LogP contribution in [0.25, 0.3) is 0 Å². The normalized spacial score (nSPS) is 39.0. The highest BCUT2D eigenvalue weighted by Crippen LogP contribution is 2.38. The maximum Gasteiger partial charge on any atom is 0.0361 e. The summed E-state index contributed by atoms with van der Waals surface area (Å²) in [7, 11) is 0. The first kappa shape index (κ1) is 5.96. The lowest BCUT2D eigenvalue weighted by Gasteiger charge is -2.07. The van der Waals surface area contributed by atoms with E-state index in [4.69, 9.17) is 0 Å². The molecule has 2 aliphatic rings. The topological polar surface area (TPSA) is 0 Å². The van der Waals surface area contributed by atoms with Gasteiger partial charge in [0.2, 0.25) is 0 Å². The molecule has 0 spiro atoms. The molecule has 0 aliphatic heterocycles. The molecule has 1 heteroatoms. The molecule has 0 aromatic heterocycles. The molecule has 0 saturated heterocycles. The Labute approximate surface area is 69.2 Å². The molecule has 9 heavy (non-hydrogen) atoms. The first-order valence-electron chi connectivity index (χ1n) is 3.40. The van der Waals surface area contributed by atoms with Gasteiger partial charge >= 0.3 is 0 Å². The molecular formula is C8H9I. The fourth-order valence-electron chi connectivity index (χ4n) is 1.62. The van der Waals surface area contributed by atoms with Gasteiger partial charge in [-0.1, -0.05) is 40.8 Å². The summed E-state index contributed by atoms with van der Waals surface area (Å²) in [5, 5.41) is 0. The molecule has 0 aromatic carbocycles. The van der Waals surface area contributed by atoms with E-state index in [0.717, 1.165) is 9.84 Å². The number of hydrogen-bond donors (Lipinski definition) is 0. The second-order valence-corrected chi connectivity index (χ2v) is 4.13. The summed E-state index contributed by atoms with van der Waals surface area (Å²) >= 11 is 2.52. The van der Waals surface area contributed by atoms with Crippen LogP contribution in [0.2, 0.25) is 0 Å². The van der Waals surface area contributed by atoms with E-state index >= 15 is 0 Å². The second-order valence-electron chi connectivity index (χ2n) is 2.69. The maximum absolute atomic E-state index is 2.52. The molecule has 48 valence electrons. The highest BCUT2D eigenvalue weighted by Gasteiger charge is 2.26. The summed E-state index contributed by atoms with van der Waals surface area (Å²) in [5.74, 6) is 0.880. The number of halogens is 1. The molecular weight excluding hydrogens is 223 g/mol. The van der Waals surface area contributed by atoms with E-state index in [-0.39, 0.29) is 0 Å². The second kappa shape index (κ2) is 2.11. The minimum Gasteiger partial charge on any atom is -0.0810 e. The fourth-order valence-corrected chi connectivity index (χ4v) is 2.60. The van der Waals surface area contributed by atoms with Crippen LogP contribution in [0.3, 0.4) is 0 Å². The van der Waals surface area contributed by atoms with Crippen molar-refractivity contribution < 1.29 is 0 Å². The number of fused-ring (bicyclic) bond motifs is 1. The van der Waals surface area contributed by atoms with Crippen molar-refractivity contribution in [2.75, 3.05) is 0 Å². The van der Waals surface area contributed by atoms with E-state index in [1.807, 2.05) is 0 Å². The van der Waals surface area contributed by atoms with Crippen molar-refractivity contribution in [2.24, 2.45) is 5.92 Å². The Morgan fingerprint density at radius 3 is 3.22 bits per heavy atom. The van der Waals surface area contributed by atoms with Gasteiger partial charge in [-0.25, -0.2) is 0 Å². The van der Waals surface area contributed by atoms with Crippen molar-refractivity contribution in [3.05, 3.63) is 23.8 Å². The zero-order valence-corrected chi connectivity index (χ0v) is 7.34. The Bertz CT molecular complexity index is 179. The smallest absolute Gasteiger partial charge is 0.0361 e. The van der Waals surface area contributed by atoms with Gasteiger partial charge in [-0.15, -0.1) is 0 Å². The molecule has 0 heterocycles. The van der Waals surface area contributed by atoms with E-state index in [0.29, 0.717) is 0 Å². The van der Waals surface area contributed by atoms with E-state index < -0.39 is 0 Å². The van der Waals surface area contributed by atoms with Crippen LogP contribution in [0.1, 0.15) is 12.8 Å². The maximum atomic E-state index is 2.52. The average molecular weight is 232 g/mol. The SMILES string of the molecule is IC1C=CC2=CCCC21. The van der Waals surface area contributed by atoms with Crippen molar-refractivity contribution in [3.8, 4) is 0 Å². The Morgan fingerprint density at radius 1 is 1.56 bits per heavy atom. The number of hydrogen-bond acceptors (Lipinski definition) is 0. The highest BCUT2D eigenvalue weighted by molar-refractivity contribution is 14.1. The van der Waals surface area contributed by atoms with E-state index in [1.54, 1.807) is 5.57 Å². The summed E-state index contributed by atoms with van der Waals surface area (Å²) in [6.45, 7) is 0. The van der Waals surface area contributed by atoms with Crippen LogP contribution in [-0.2, 0) is 0 Å². The number of allylic oxidation sites excluding steroid dienone is 4. The van der Waals surface area contributed by atoms with Gasteiger partial charge in [-0.05, 0) is 24.3 Å². The van der Waals surface area contributed by atoms with E-state index in [2.05, 4.69) is 40.8 Å². The first-order valence-corrected chi connectivity index (χ1v) is 4.65. The summed E-state index contributed by atoms with van der Waals surface area (Å²) in [6.07, 6.45) is 9.67. The van der Waals surface area contributed by atoms with Gasteiger partial charge in [0.15, 0.2) is 0 Å². The van der Waals surface area contributed by atoms with Crippen molar-refractivity contribution in [3.63, 3.8) is 0 Å². The van der Waals surface area contributed by atoms with Crippen LogP contribution in [0.4, 0.5) is 0 Å². The van der Waals surface area contributed by atoms with Crippen LogP contribution in [0, 0.1) is 5.92 Å². The molecule has 0 bridgehead atoms. The molecule has 0 radical (unpaired) electrons. The Hall–Kier alpha value is 0.210. The lowest BCUT2D eigenvalue weighted by molar-refractivity contribution is 0.668. The number of alkyl halides is 1. The summed E-state index contributed by atoms with van der Waals surface area (Å²) in [4.78, 5) is 0. The minimum atomic E-state index is 0.788. The monoisotopic (exact) mass is 232 g/mol. The van der Waals surface area contributed by atoms with Crippen molar-refractivity contribution in [1.29, 1.82) is 0 Å². The van der Waals surface area contributed by atoms with E-state index in [9.17, 15) is 0 Å². The lowest BCUT2D eigenvalue weighted by Crippen LogP contribution is -2.03. The largest absolute Gasteiger partial charge is 0.0810 e. The van der Waals surface area contributed by atoms with Crippen LogP contribution in [-0.4, -0.2) is 3.92 Å². The van der Waals surface area contributed by atoms with Gasteiger partial charge in [0.05, 0.1) is 0 Å². The van der Waals surface area contributed by atoms with Gasteiger partial charge < -0.3 is 0 Å². The summed E-state index contributed by atoms with van der Waals surface area (Å²) < 4.78 is 0.788. The van der Waals surface area contributed by atoms with Gasteiger partial charge in [-0.2, -0.15) is 0 Å². The molecule has 0 saturated carbocycles. The minimum absolute atomic E-state index is 0.788. The molecule has 0 nitrogen and oxygen atoms in total. The predicted octanol–water partition coefficient (Wildman–Crippen LogP) is 2.70. The van der Waals surface area contributed by atoms with Crippen LogP contribution in [0.5, 0.6) is 0 Å². The first-order chi connectivity index (χ1) is 4.38. The zero-order valence-electron chi connectivity index (χ0n) is 5.18. The Kier molecular flexibility index (Phi) is 1.40. The molecule has 0 fully saturated rings. The quantitative estimate of drug-likeness (QED) is 0.445. The lowest BCUT2D eigenvalue weighted by atomic mass is 10.1. The predicted molar refractivity (Wildman–Crippen MR) is 47.8 cm³/mol. The van der Waals surface area contributed by atoms with Gasteiger partial charge in [0.1, 0.15) is 0 Å². The molecule has 0 N–H and O–H groups in total. The Morgan fingerprint density at radius 2 is 2.44 bits per heavy atom. The van der Waals surface area contributed by atoms with Gasteiger partial charge in [0.25, 0.3) is 0 Å². The third kappa shape index (κ3) is 0.858. The molecule has 2 unspecified atom stereocenters. The summed E-state index contributed by atoms with van der Waals surface area (Å²) in [6, 6.07) is 0. The van der Waals surface area contributed by atoms with Gasteiger partial charge in [-0.3, -0.25) is 0 Å². The third-order valence-corrected chi connectivity index (χ3v) is 3.43. The fraction of sp³-hybridized carbons (Fsp3) is 0.500. The van der Waals surface area contributed by atoms with Gasteiger partial charge in [0, 0.05) is 3.92 Å². The molecule has 0 amide bonds. The van der Waals surface area contributed by atoms with Crippen molar-refractivity contribution in [2.45, 2.75) is 16.8 Å². The van der Waals surface area contributed by atoms with Crippen LogP contribution >= 0.6 is 22.6 Å². The molecule has 0 aromatic rings. The molecule has 2 rings (SSSR count). The summed E-state index contributed by atoms with van der Waals surface area (Å²) in [5.41, 5.74) is 1.59. The van der Waals surface area contributed by atoms with Crippen LogP contribution < -0.4 is 0 Å². The average Bonchev–Trinajstić information content (AvgIpc) is 2.35. The standard InChI is InChI=1S/C8H9I/c9-8-5-4-6-2-1-3-7(6)8/h2,4-5,7-8H,1,3H2. The van der Waals surface area contributed by atoms with Crippen molar-refractivity contribution >= 4 is 22.6 Å². The van der Waals surface area contributed by atoms with E-state index in [1.165, 1.54) is 12.8 Å². The highest BCUT2D eigenvalue weighted by atomic mass is 127. The number of rotatable bonds is 0. The zero-order chi connectivity index (χ0) is 6.27.